The first-order chi connectivity index (χ1) is 4.20. The maximum absolute atomic E-state index is 12.2. The zero-order chi connectivity index (χ0) is 6.85. The standard InChI is InChI=1S/C6H8F2O/c7-4-1-2-6(9)5(8)3-4/h4-5H,1-3H2. The molecule has 0 spiro atoms. The quantitative estimate of drug-likeness (QED) is 0.489. The van der Waals surface area contributed by atoms with Crippen LogP contribution in [0.15, 0.2) is 0 Å². The molecule has 0 aromatic heterocycles. The molecule has 2 atom stereocenters. The van der Waals surface area contributed by atoms with E-state index in [0.717, 1.165) is 0 Å². The molecule has 1 aliphatic carbocycles. The molecule has 0 aliphatic heterocycles. The first-order valence-corrected chi connectivity index (χ1v) is 3.01. The fourth-order valence-corrected chi connectivity index (χ4v) is 0.929. The van der Waals surface area contributed by atoms with Gasteiger partial charge >= 0.3 is 0 Å². The smallest absolute Gasteiger partial charge is 0.167 e. The Morgan fingerprint density at radius 1 is 1.44 bits per heavy atom. The van der Waals surface area contributed by atoms with Crippen LogP contribution in [0.4, 0.5) is 8.78 Å². The van der Waals surface area contributed by atoms with E-state index in [1.807, 2.05) is 0 Å². The number of carbonyl (C=O) groups is 1. The molecule has 0 amide bonds. The minimum atomic E-state index is -1.53. The Labute approximate surface area is 52.1 Å². The summed E-state index contributed by atoms with van der Waals surface area (Å²) in [4.78, 5) is 10.4. The highest BCUT2D eigenvalue weighted by molar-refractivity contribution is 5.83. The summed E-state index contributed by atoms with van der Waals surface area (Å²) in [6, 6.07) is 0. The third-order valence-electron chi connectivity index (χ3n) is 1.52. The molecule has 0 N–H and O–H groups in total. The summed E-state index contributed by atoms with van der Waals surface area (Å²) in [5.41, 5.74) is 0. The minimum Gasteiger partial charge on any atom is -0.296 e. The average Bonchev–Trinajstić information content (AvgIpc) is 1.80. The lowest BCUT2D eigenvalue weighted by Crippen LogP contribution is -2.26. The number of Topliss-reactive ketones (excluding diaryl/α,β-unsaturated/α-hetero) is 1. The van der Waals surface area contributed by atoms with Gasteiger partial charge in [0.15, 0.2) is 12.0 Å². The Balaban J connectivity index is 2.44. The first kappa shape index (κ1) is 6.65. The summed E-state index contributed by atoms with van der Waals surface area (Å²) in [6.45, 7) is 0. The number of carbonyl (C=O) groups excluding carboxylic acids is 1. The van der Waals surface area contributed by atoms with Gasteiger partial charge in [0.05, 0.1) is 0 Å². The molecular formula is C6H8F2O. The van der Waals surface area contributed by atoms with Crippen molar-refractivity contribution in [2.45, 2.75) is 31.6 Å². The van der Waals surface area contributed by atoms with Gasteiger partial charge in [-0.3, -0.25) is 4.79 Å². The highest BCUT2D eigenvalue weighted by atomic mass is 19.1. The average molecular weight is 134 g/mol. The van der Waals surface area contributed by atoms with Crippen LogP contribution >= 0.6 is 0 Å². The van der Waals surface area contributed by atoms with Gasteiger partial charge in [-0.1, -0.05) is 0 Å². The Bertz CT molecular complexity index is 124. The van der Waals surface area contributed by atoms with Crippen molar-refractivity contribution >= 4 is 5.78 Å². The Morgan fingerprint density at radius 3 is 2.56 bits per heavy atom. The lowest BCUT2D eigenvalue weighted by atomic mass is 9.96. The third-order valence-corrected chi connectivity index (χ3v) is 1.52. The van der Waals surface area contributed by atoms with Crippen LogP contribution < -0.4 is 0 Å². The van der Waals surface area contributed by atoms with Gasteiger partial charge in [-0.25, -0.2) is 8.78 Å². The van der Waals surface area contributed by atoms with Crippen molar-refractivity contribution < 1.29 is 13.6 Å². The molecule has 0 heterocycles. The van der Waals surface area contributed by atoms with E-state index in [-0.39, 0.29) is 19.3 Å². The third kappa shape index (κ3) is 1.47. The molecule has 1 aliphatic rings. The highest BCUT2D eigenvalue weighted by Gasteiger charge is 2.27. The Morgan fingerprint density at radius 2 is 2.11 bits per heavy atom. The molecule has 0 saturated heterocycles. The lowest BCUT2D eigenvalue weighted by Gasteiger charge is -2.16. The van der Waals surface area contributed by atoms with Crippen molar-refractivity contribution in [3.05, 3.63) is 0 Å². The predicted octanol–water partition coefficient (Wildman–Crippen LogP) is 1.42. The van der Waals surface area contributed by atoms with Crippen molar-refractivity contribution in [2.75, 3.05) is 0 Å². The van der Waals surface area contributed by atoms with Crippen LogP contribution in [0, 0.1) is 0 Å². The van der Waals surface area contributed by atoms with Crippen LogP contribution in [0.1, 0.15) is 19.3 Å². The van der Waals surface area contributed by atoms with E-state index in [9.17, 15) is 13.6 Å². The number of rotatable bonds is 0. The second-order valence-corrected chi connectivity index (χ2v) is 2.31. The van der Waals surface area contributed by atoms with E-state index in [1.54, 1.807) is 0 Å². The molecule has 9 heavy (non-hydrogen) atoms. The molecule has 0 bridgehead atoms. The summed E-state index contributed by atoms with van der Waals surface area (Å²) < 4.78 is 24.5. The number of hydrogen-bond donors (Lipinski definition) is 0. The molecule has 1 nitrogen and oxygen atoms in total. The van der Waals surface area contributed by atoms with Crippen molar-refractivity contribution in [3.8, 4) is 0 Å². The fraction of sp³-hybridized carbons (Fsp3) is 0.833. The van der Waals surface area contributed by atoms with Crippen molar-refractivity contribution in [2.24, 2.45) is 0 Å². The van der Waals surface area contributed by atoms with Crippen molar-refractivity contribution in [3.63, 3.8) is 0 Å². The number of alkyl halides is 2. The molecular weight excluding hydrogens is 126 g/mol. The molecule has 1 fully saturated rings. The predicted molar refractivity (Wildman–Crippen MR) is 28.6 cm³/mol. The number of ketones is 1. The van der Waals surface area contributed by atoms with Gasteiger partial charge < -0.3 is 0 Å². The number of halogens is 2. The zero-order valence-electron chi connectivity index (χ0n) is 4.94. The second-order valence-electron chi connectivity index (χ2n) is 2.31. The van der Waals surface area contributed by atoms with E-state index in [2.05, 4.69) is 0 Å². The van der Waals surface area contributed by atoms with Gasteiger partial charge in [0.25, 0.3) is 0 Å². The summed E-state index contributed by atoms with van der Waals surface area (Å²) >= 11 is 0. The molecule has 52 valence electrons. The maximum atomic E-state index is 12.2. The van der Waals surface area contributed by atoms with Gasteiger partial charge in [-0.05, 0) is 6.42 Å². The summed E-state index contributed by atoms with van der Waals surface area (Å²) in [6.07, 6.45) is -2.58. The molecule has 0 aromatic carbocycles. The molecule has 3 heteroatoms. The highest BCUT2D eigenvalue weighted by Crippen LogP contribution is 2.20. The molecule has 1 saturated carbocycles. The largest absolute Gasteiger partial charge is 0.296 e. The van der Waals surface area contributed by atoms with E-state index in [0.29, 0.717) is 0 Å². The fourth-order valence-electron chi connectivity index (χ4n) is 0.929. The Hall–Kier alpha value is -0.470. The molecule has 0 radical (unpaired) electrons. The van der Waals surface area contributed by atoms with Crippen LogP contribution in [0.2, 0.25) is 0 Å². The normalized spacial score (nSPS) is 36.9. The first-order valence-electron chi connectivity index (χ1n) is 3.01. The SMILES string of the molecule is O=C1CCC(F)CC1F. The van der Waals surface area contributed by atoms with Crippen LogP contribution in [-0.2, 0) is 4.79 Å². The van der Waals surface area contributed by atoms with E-state index in [1.165, 1.54) is 0 Å². The Kier molecular flexibility index (Phi) is 1.78. The van der Waals surface area contributed by atoms with E-state index < -0.39 is 18.1 Å². The minimum absolute atomic E-state index is 0.0718. The maximum Gasteiger partial charge on any atom is 0.167 e. The zero-order valence-corrected chi connectivity index (χ0v) is 4.94. The van der Waals surface area contributed by atoms with Gasteiger partial charge in [0.1, 0.15) is 6.17 Å². The van der Waals surface area contributed by atoms with Gasteiger partial charge in [0, 0.05) is 12.8 Å². The second kappa shape index (κ2) is 2.42. The molecule has 2 unspecified atom stereocenters. The number of hydrogen-bond acceptors (Lipinski definition) is 1. The van der Waals surface area contributed by atoms with Gasteiger partial charge in [-0.2, -0.15) is 0 Å². The summed E-state index contributed by atoms with van der Waals surface area (Å²) in [5.74, 6) is -0.441. The van der Waals surface area contributed by atoms with Crippen LogP contribution in [-0.4, -0.2) is 18.1 Å². The molecule has 0 aromatic rings. The van der Waals surface area contributed by atoms with Crippen LogP contribution in [0.25, 0.3) is 0 Å². The summed E-state index contributed by atoms with van der Waals surface area (Å²) in [5, 5.41) is 0. The van der Waals surface area contributed by atoms with Gasteiger partial charge in [0.2, 0.25) is 0 Å². The van der Waals surface area contributed by atoms with Crippen LogP contribution in [0.3, 0.4) is 0 Å². The van der Waals surface area contributed by atoms with Gasteiger partial charge in [-0.15, -0.1) is 0 Å². The molecule has 1 rings (SSSR count). The van der Waals surface area contributed by atoms with E-state index >= 15 is 0 Å². The van der Waals surface area contributed by atoms with Crippen molar-refractivity contribution in [1.29, 1.82) is 0 Å². The topological polar surface area (TPSA) is 17.1 Å². The summed E-state index contributed by atoms with van der Waals surface area (Å²) in [7, 11) is 0. The van der Waals surface area contributed by atoms with E-state index in [4.69, 9.17) is 0 Å². The monoisotopic (exact) mass is 134 g/mol. The van der Waals surface area contributed by atoms with Crippen molar-refractivity contribution in [1.82, 2.24) is 0 Å². The van der Waals surface area contributed by atoms with Crippen LogP contribution in [0.5, 0.6) is 0 Å². The lowest BCUT2D eigenvalue weighted by molar-refractivity contribution is -0.126.